The van der Waals surface area contributed by atoms with Crippen molar-refractivity contribution in [2.75, 3.05) is 23.8 Å². The number of fused-ring (bicyclic) bond motifs is 3. The summed E-state index contributed by atoms with van der Waals surface area (Å²) in [5, 5.41) is 5.78. The van der Waals surface area contributed by atoms with Gasteiger partial charge in [0, 0.05) is 23.8 Å². The molecule has 5 heteroatoms. The van der Waals surface area contributed by atoms with Crippen molar-refractivity contribution in [1.29, 1.82) is 0 Å². The van der Waals surface area contributed by atoms with Crippen LogP contribution in [0.3, 0.4) is 0 Å². The van der Waals surface area contributed by atoms with Gasteiger partial charge in [0.1, 0.15) is 5.75 Å². The average Bonchev–Trinajstić information content (AvgIpc) is 3.18. The number of hydrogen-bond acceptors (Lipinski definition) is 4. The summed E-state index contributed by atoms with van der Waals surface area (Å²) in [7, 11) is 2.03. The van der Waals surface area contributed by atoms with E-state index in [1.54, 1.807) is 6.07 Å². The van der Waals surface area contributed by atoms with E-state index in [4.69, 9.17) is 11.6 Å². The van der Waals surface area contributed by atoms with Crippen LogP contribution in [-0.4, -0.2) is 25.9 Å². The molecule has 0 aromatic heterocycles. The van der Waals surface area contributed by atoms with Gasteiger partial charge in [0.25, 0.3) is 0 Å². The second-order valence-electron chi connectivity index (χ2n) is 6.33. The molecule has 0 spiro atoms. The number of carbonyl (C=O) groups excluding carboxylic acids is 1. The van der Waals surface area contributed by atoms with Crippen LogP contribution in [0.1, 0.15) is 25.8 Å². The number of rotatable bonds is 2. The maximum atomic E-state index is 12.4. The van der Waals surface area contributed by atoms with E-state index < -0.39 is 36.3 Å². The van der Waals surface area contributed by atoms with Crippen molar-refractivity contribution in [2.24, 2.45) is 0 Å². The van der Waals surface area contributed by atoms with Gasteiger partial charge in [-0.25, -0.2) is 4.79 Å². The summed E-state index contributed by atoms with van der Waals surface area (Å²) in [5.41, 5.74) is 1.76. The standard InChI is InChI=1S/C19H21N3O2/c1-19-10-11-20-17(19)22(2)16-9-8-14(12-15(16)19)24-18(23)21-13-6-4-3-5-7-13/h3-9,12,17,20H,10-11H2,1-2H3,(H,21,23)/t17-,19+/m1/s1/i3D,4D,5D,6D,7D. The Bertz CT molecular complexity index is 1000. The molecule has 124 valence electrons. The molecule has 2 N–H and O–H groups in total. The average molecular weight is 328 g/mol. The fraction of sp³-hybridized carbons (Fsp3) is 0.316. The lowest BCUT2D eigenvalue weighted by Gasteiger charge is -2.27. The van der Waals surface area contributed by atoms with E-state index in [-0.39, 0.29) is 17.3 Å². The highest BCUT2D eigenvalue weighted by molar-refractivity contribution is 5.86. The number of likely N-dealkylation sites (N-methyl/N-ethyl adjacent to an activating group) is 1. The molecule has 0 bridgehead atoms. The highest BCUT2D eigenvalue weighted by atomic mass is 16.6. The van der Waals surface area contributed by atoms with Gasteiger partial charge in [-0.1, -0.05) is 25.1 Å². The minimum atomic E-state index is -0.916. The van der Waals surface area contributed by atoms with Crippen LogP contribution in [0.15, 0.2) is 48.4 Å². The fourth-order valence-corrected chi connectivity index (χ4v) is 3.71. The molecule has 0 unspecified atom stereocenters. The Balaban J connectivity index is 1.59. The number of benzene rings is 2. The Morgan fingerprint density at radius 3 is 3.00 bits per heavy atom. The zero-order valence-electron chi connectivity index (χ0n) is 18.5. The van der Waals surface area contributed by atoms with Crippen molar-refractivity contribution >= 4 is 17.5 Å². The van der Waals surface area contributed by atoms with Crippen LogP contribution in [0.4, 0.5) is 16.2 Å². The summed E-state index contributed by atoms with van der Waals surface area (Å²) in [4.78, 5) is 14.6. The molecule has 1 fully saturated rings. The molecule has 1 saturated heterocycles. The predicted molar refractivity (Wildman–Crippen MR) is 94.7 cm³/mol. The molecule has 2 aliphatic rings. The molecule has 2 aliphatic heterocycles. The molecule has 5 nitrogen and oxygen atoms in total. The van der Waals surface area contributed by atoms with E-state index >= 15 is 0 Å². The van der Waals surface area contributed by atoms with E-state index in [0.717, 1.165) is 24.2 Å². The van der Waals surface area contributed by atoms with E-state index in [0.29, 0.717) is 5.75 Å². The number of ether oxygens (including phenoxy) is 1. The van der Waals surface area contributed by atoms with Gasteiger partial charge >= 0.3 is 6.09 Å². The lowest BCUT2D eigenvalue weighted by atomic mass is 9.81. The summed E-state index contributed by atoms with van der Waals surface area (Å²) in [5.74, 6) is 0.329. The maximum absolute atomic E-state index is 12.4. The smallest absolute Gasteiger partial charge is 0.410 e. The summed E-state index contributed by atoms with van der Waals surface area (Å²) >= 11 is 0. The quantitative estimate of drug-likeness (QED) is 0.888. The van der Waals surface area contributed by atoms with Gasteiger partial charge in [-0.05, 0) is 48.8 Å². The van der Waals surface area contributed by atoms with E-state index in [9.17, 15) is 4.79 Å². The lowest BCUT2D eigenvalue weighted by molar-refractivity contribution is 0.215. The lowest BCUT2D eigenvalue weighted by Crippen LogP contribution is -2.44. The monoisotopic (exact) mass is 328 g/mol. The Morgan fingerprint density at radius 1 is 1.42 bits per heavy atom. The maximum Gasteiger partial charge on any atom is 0.417 e. The first-order valence-electron chi connectivity index (χ1n) is 10.3. The van der Waals surface area contributed by atoms with Gasteiger partial charge in [-0.3, -0.25) is 10.6 Å². The van der Waals surface area contributed by atoms with Gasteiger partial charge in [-0.2, -0.15) is 0 Å². The Morgan fingerprint density at radius 2 is 2.21 bits per heavy atom. The molecule has 2 aromatic carbocycles. The highest BCUT2D eigenvalue weighted by Gasteiger charge is 2.49. The predicted octanol–water partition coefficient (Wildman–Crippen LogP) is 3.32. The normalized spacial score (nSPS) is 27.3. The minimum Gasteiger partial charge on any atom is -0.410 e. The molecule has 0 radical (unpaired) electrons. The third kappa shape index (κ3) is 2.32. The van der Waals surface area contributed by atoms with Gasteiger partial charge in [0.2, 0.25) is 0 Å². The largest absolute Gasteiger partial charge is 0.417 e. The zero-order valence-corrected chi connectivity index (χ0v) is 13.5. The molecule has 2 atom stereocenters. The van der Waals surface area contributed by atoms with Crippen LogP contribution in [0.25, 0.3) is 0 Å². The number of hydrogen-bond donors (Lipinski definition) is 2. The highest BCUT2D eigenvalue weighted by Crippen LogP contribution is 2.49. The molecule has 1 amide bonds. The van der Waals surface area contributed by atoms with Crippen LogP contribution < -0.4 is 20.3 Å². The third-order valence-corrected chi connectivity index (χ3v) is 4.87. The van der Waals surface area contributed by atoms with E-state index in [1.807, 2.05) is 19.2 Å². The second kappa shape index (κ2) is 5.53. The number of nitrogens with one attached hydrogen (secondary N) is 2. The molecule has 2 aromatic rings. The van der Waals surface area contributed by atoms with Crippen molar-refractivity contribution in [1.82, 2.24) is 5.32 Å². The Kier molecular flexibility index (Phi) is 2.39. The number of amides is 1. The number of carbonyl (C=O) groups is 1. The topological polar surface area (TPSA) is 53.6 Å². The summed E-state index contributed by atoms with van der Waals surface area (Å²) in [6.45, 7) is 3.09. The molecule has 0 saturated carbocycles. The molecule has 4 rings (SSSR count). The number of nitrogens with zero attached hydrogens (tertiary/aromatic N) is 1. The fourth-order valence-electron chi connectivity index (χ4n) is 3.71. The van der Waals surface area contributed by atoms with Gasteiger partial charge < -0.3 is 9.64 Å². The molecule has 24 heavy (non-hydrogen) atoms. The van der Waals surface area contributed by atoms with Crippen molar-refractivity contribution in [3.63, 3.8) is 0 Å². The number of anilines is 2. The molecular weight excluding hydrogens is 302 g/mol. The van der Waals surface area contributed by atoms with Gasteiger partial charge in [0.05, 0.1) is 13.0 Å². The Labute approximate surface area is 148 Å². The molecule has 2 heterocycles. The van der Waals surface area contributed by atoms with Crippen LogP contribution in [-0.2, 0) is 5.41 Å². The van der Waals surface area contributed by atoms with Crippen LogP contribution in [0.2, 0.25) is 0 Å². The Hall–Kier alpha value is -2.53. The van der Waals surface area contributed by atoms with Gasteiger partial charge in [0.15, 0.2) is 0 Å². The van der Waals surface area contributed by atoms with Gasteiger partial charge in [-0.15, -0.1) is 0 Å². The first-order chi connectivity index (χ1) is 13.6. The van der Waals surface area contributed by atoms with Crippen molar-refractivity contribution in [2.45, 2.75) is 24.9 Å². The van der Waals surface area contributed by atoms with E-state index in [1.165, 1.54) is 0 Å². The zero-order chi connectivity index (χ0) is 21.1. The first kappa shape index (κ1) is 10.4. The third-order valence-electron chi connectivity index (χ3n) is 4.87. The summed E-state index contributed by atoms with van der Waals surface area (Å²) in [6.07, 6.45) is 0.237. The summed E-state index contributed by atoms with van der Waals surface area (Å²) in [6, 6.07) is 2.88. The molecule has 0 aliphatic carbocycles. The van der Waals surface area contributed by atoms with Crippen molar-refractivity contribution in [3.8, 4) is 5.75 Å². The van der Waals surface area contributed by atoms with Crippen LogP contribution >= 0.6 is 0 Å². The first-order valence-corrected chi connectivity index (χ1v) is 7.81. The van der Waals surface area contributed by atoms with Crippen molar-refractivity contribution in [3.05, 3.63) is 54.0 Å². The van der Waals surface area contributed by atoms with Crippen LogP contribution in [0, 0.1) is 0 Å². The minimum absolute atomic E-state index is 0.0905. The van der Waals surface area contributed by atoms with Crippen molar-refractivity contribution < 1.29 is 16.4 Å². The second-order valence-corrected chi connectivity index (χ2v) is 6.33. The van der Waals surface area contributed by atoms with E-state index in [2.05, 4.69) is 22.5 Å². The number of para-hydroxylation sites is 1. The molecular formula is C19H21N3O2. The summed E-state index contributed by atoms with van der Waals surface area (Å²) < 4.78 is 44.1. The van der Waals surface area contributed by atoms with Crippen LogP contribution in [0.5, 0.6) is 5.75 Å². The SMILES string of the molecule is [2H]c1c([2H])c([2H])c(NC(=O)Oc2ccc3c(c2)[C@]2(C)CCN[C@@H]2N3C)c([2H])c1[2H].